The fourth-order valence-electron chi connectivity index (χ4n) is 2.75. The second-order valence-corrected chi connectivity index (χ2v) is 4.77. The van der Waals surface area contributed by atoms with Crippen molar-refractivity contribution in [2.24, 2.45) is 5.92 Å². The van der Waals surface area contributed by atoms with Gasteiger partial charge in [0.2, 0.25) is 0 Å². The van der Waals surface area contributed by atoms with Crippen molar-refractivity contribution in [1.29, 1.82) is 0 Å². The highest BCUT2D eigenvalue weighted by Crippen LogP contribution is 2.27. The summed E-state index contributed by atoms with van der Waals surface area (Å²) in [5.74, 6) is 0.835. The average molecular weight is 215 g/mol. The van der Waals surface area contributed by atoms with Crippen molar-refractivity contribution in [3.63, 3.8) is 0 Å². The van der Waals surface area contributed by atoms with Crippen LogP contribution < -0.4 is 0 Å². The van der Waals surface area contributed by atoms with E-state index in [1.54, 1.807) is 6.33 Å². The van der Waals surface area contributed by atoms with Gasteiger partial charge in [0.25, 0.3) is 0 Å². The predicted octanol–water partition coefficient (Wildman–Crippen LogP) is 3.08. The normalized spacial score (nSPS) is 18.0. The molecule has 0 aliphatic heterocycles. The monoisotopic (exact) mass is 215 g/mol. The molecule has 0 spiro atoms. The second-order valence-electron chi connectivity index (χ2n) is 4.77. The maximum atomic E-state index is 4.44. The van der Waals surface area contributed by atoms with Crippen LogP contribution in [-0.4, -0.2) is 15.0 Å². The molecule has 1 aliphatic rings. The molecular weight excluding hydrogens is 198 g/mol. The lowest BCUT2D eigenvalue weighted by atomic mass is 9.86. The van der Waals surface area contributed by atoms with Crippen LogP contribution in [0.25, 0.3) is 11.0 Å². The van der Waals surface area contributed by atoms with Crippen LogP contribution in [0, 0.1) is 5.92 Å². The van der Waals surface area contributed by atoms with Gasteiger partial charge < -0.3 is 4.98 Å². The Kier molecular flexibility index (Phi) is 2.60. The summed E-state index contributed by atoms with van der Waals surface area (Å²) in [6.07, 6.45) is 11.7. The van der Waals surface area contributed by atoms with E-state index < -0.39 is 0 Å². The summed E-state index contributed by atoms with van der Waals surface area (Å²) in [4.78, 5) is 11.8. The number of hydrogen-bond donors (Lipinski definition) is 1. The Balaban J connectivity index is 1.85. The quantitative estimate of drug-likeness (QED) is 0.836. The third-order valence-corrected chi connectivity index (χ3v) is 3.64. The molecule has 3 nitrogen and oxygen atoms in total. The van der Waals surface area contributed by atoms with Gasteiger partial charge in [-0.05, 0) is 18.4 Å². The summed E-state index contributed by atoms with van der Waals surface area (Å²) in [7, 11) is 0. The zero-order chi connectivity index (χ0) is 10.8. The number of nitrogens with one attached hydrogen (secondary N) is 1. The Morgan fingerprint density at radius 2 is 2.06 bits per heavy atom. The third kappa shape index (κ3) is 1.82. The van der Waals surface area contributed by atoms with Crippen molar-refractivity contribution in [1.82, 2.24) is 15.0 Å². The Hall–Kier alpha value is -1.38. The van der Waals surface area contributed by atoms with E-state index in [9.17, 15) is 0 Å². The molecule has 84 valence electrons. The van der Waals surface area contributed by atoms with Crippen molar-refractivity contribution >= 4 is 11.0 Å². The van der Waals surface area contributed by atoms with E-state index in [0.717, 1.165) is 18.0 Å². The van der Waals surface area contributed by atoms with Gasteiger partial charge in [0.1, 0.15) is 12.0 Å². The van der Waals surface area contributed by atoms with Crippen molar-refractivity contribution in [3.05, 3.63) is 24.3 Å². The second kappa shape index (κ2) is 4.24. The maximum Gasteiger partial charge on any atom is 0.140 e. The van der Waals surface area contributed by atoms with E-state index >= 15 is 0 Å². The lowest BCUT2D eigenvalue weighted by molar-refractivity contribution is 0.355. The Morgan fingerprint density at radius 3 is 2.94 bits per heavy atom. The topological polar surface area (TPSA) is 41.6 Å². The Bertz CT molecular complexity index is 469. The van der Waals surface area contributed by atoms with Gasteiger partial charge in [-0.1, -0.05) is 32.1 Å². The zero-order valence-corrected chi connectivity index (χ0v) is 9.45. The highest BCUT2D eigenvalue weighted by Gasteiger charge is 2.16. The smallest absolute Gasteiger partial charge is 0.140 e. The molecule has 1 aliphatic carbocycles. The minimum Gasteiger partial charge on any atom is -0.346 e. The fraction of sp³-hybridized carbons (Fsp3) is 0.538. The highest BCUT2D eigenvalue weighted by molar-refractivity contribution is 5.77. The number of rotatable bonds is 2. The summed E-state index contributed by atoms with van der Waals surface area (Å²) in [6.45, 7) is 0. The van der Waals surface area contributed by atoms with Crippen LogP contribution in [0.2, 0.25) is 0 Å². The molecule has 1 fully saturated rings. The first-order valence-electron chi connectivity index (χ1n) is 6.20. The van der Waals surface area contributed by atoms with Gasteiger partial charge in [-0.15, -0.1) is 0 Å². The summed E-state index contributed by atoms with van der Waals surface area (Å²) in [5.41, 5.74) is 2.19. The van der Waals surface area contributed by atoms with Gasteiger partial charge in [-0.2, -0.15) is 0 Å². The highest BCUT2D eigenvalue weighted by atomic mass is 14.9. The SMILES string of the molecule is c1nc(CC2CCCCC2)c2cc[nH]c2n1. The van der Waals surface area contributed by atoms with Crippen molar-refractivity contribution in [2.75, 3.05) is 0 Å². The lowest BCUT2D eigenvalue weighted by Gasteiger charge is -2.21. The number of aromatic nitrogens is 3. The van der Waals surface area contributed by atoms with Gasteiger partial charge >= 0.3 is 0 Å². The first kappa shape index (κ1) is 9.82. The molecule has 2 aromatic heterocycles. The van der Waals surface area contributed by atoms with Gasteiger partial charge in [0.05, 0.1) is 5.69 Å². The van der Waals surface area contributed by atoms with Crippen LogP contribution in [0.5, 0.6) is 0 Å². The van der Waals surface area contributed by atoms with Gasteiger partial charge in [-0.25, -0.2) is 9.97 Å². The molecule has 0 saturated heterocycles. The Labute approximate surface area is 95.3 Å². The molecule has 0 radical (unpaired) electrons. The third-order valence-electron chi connectivity index (χ3n) is 3.64. The van der Waals surface area contributed by atoms with Gasteiger partial charge in [0, 0.05) is 11.6 Å². The molecule has 0 unspecified atom stereocenters. The van der Waals surface area contributed by atoms with Crippen LogP contribution in [0.3, 0.4) is 0 Å². The standard InChI is InChI=1S/C13H17N3/c1-2-4-10(5-3-1)8-12-11-6-7-14-13(11)16-9-15-12/h6-7,9-10H,1-5,8H2,(H,14,15,16). The van der Waals surface area contributed by atoms with E-state index in [4.69, 9.17) is 0 Å². The minimum absolute atomic E-state index is 0.835. The molecule has 1 saturated carbocycles. The van der Waals surface area contributed by atoms with Crippen LogP contribution in [0.4, 0.5) is 0 Å². The lowest BCUT2D eigenvalue weighted by Crippen LogP contribution is -2.10. The van der Waals surface area contributed by atoms with E-state index in [1.165, 1.54) is 43.2 Å². The molecule has 0 bridgehead atoms. The largest absolute Gasteiger partial charge is 0.346 e. The molecule has 2 heterocycles. The molecule has 0 atom stereocenters. The van der Waals surface area contributed by atoms with Crippen molar-refractivity contribution in [3.8, 4) is 0 Å². The van der Waals surface area contributed by atoms with Gasteiger partial charge in [0.15, 0.2) is 0 Å². The number of hydrogen-bond acceptors (Lipinski definition) is 2. The molecule has 0 amide bonds. The summed E-state index contributed by atoms with van der Waals surface area (Å²) in [6, 6.07) is 2.09. The minimum atomic E-state index is 0.835. The molecule has 3 heteroatoms. The molecule has 2 aromatic rings. The van der Waals surface area contributed by atoms with Gasteiger partial charge in [-0.3, -0.25) is 0 Å². The summed E-state index contributed by atoms with van der Waals surface area (Å²) >= 11 is 0. The van der Waals surface area contributed by atoms with Crippen LogP contribution >= 0.6 is 0 Å². The summed E-state index contributed by atoms with van der Waals surface area (Å²) < 4.78 is 0. The predicted molar refractivity (Wildman–Crippen MR) is 64.2 cm³/mol. The van der Waals surface area contributed by atoms with E-state index in [0.29, 0.717) is 0 Å². The first-order valence-corrected chi connectivity index (χ1v) is 6.20. The molecule has 1 N–H and O–H groups in total. The molecule has 16 heavy (non-hydrogen) atoms. The molecule has 0 aromatic carbocycles. The Morgan fingerprint density at radius 1 is 1.19 bits per heavy atom. The number of H-pyrrole nitrogens is 1. The molecule has 3 rings (SSSR count). The summed E-state index contributed by atoms with van der Waals surface area (Å²) in [5, 5.41) is 1.20. The van der Waals surface area contributed by atoms with Crippen LogP contribution in [-0.2, 0) is 6.42 Å². The molecular formula is C13H17N3. The first-order chi connectivity index (χ1) is 7.93. The fourth-order valence-corrected chi connectivity index (χ4v) is 2.75. The zero-order valence-electron chi connectivity index (χ0n) is 9.45. The van der Waals surface area contributed by atoms with Crippen molar-refractivity contribution in [2.45, 2.75) is 38.5 Å². The van der Waals surface area contributed by atoms with E-state index in [1.807, 2.05) is 6.20 Å². The van der Waals surface area contributed by atoms with Crippen molar-refractivity contribution < 1.29 is 0 Å². The number of fused-ring (bicyclic) bond motifs is 1. The van der Waals surface area contributed by atoms with Crippen LogP contribution in [0.1, 0.15) is 37.8 Å². The van der Waals surface area contributed by atoms with E-state index in [-0.39, 0.29) is 0 Å². The maximum absolute atomic E-state index is 4.44. The average Bonchev–Trinajstić information content (AvgIpc) is 2.80. The number of nitrogens with zero attached hydrogens (tertiary/aromatic N) is 2. The van der Waals surface area contributed by atoms with Crippen LogP contribution in [0.15, 0.2) is 18.6 Å². The number of aromatic amines is 1. The van der Waals surface area contributed by atoms with E-state index in [2.05, 4.69) is 21.0 Å².